The van der Waals surface area contributed by atoms with Gasteiger partial charge in [0.05, 0.1) is 43.5 Å². The molecule has 0 saturated heterocycles. The molecular weight excluding hydrogens is 717 g/mol. The molecule has 0 radical (unpaired) electrons. The predicted octanol–water partition coefficient (Wildman–Crippen LogP) is 14.0. The fourth-order valence-electron chi connectivity index (χ4n) is 9.01. The van der Waals surface area contributed by atoms with Crippen LogP contribution in [-0.2, 0) is 0 Å². The summed E-state index contributed by atoms with van der Waals surface area (Å²) >= 11 is 1.78. The first kappa shape index (κ1) is 30.9. The van der Waals surface area contributed by atoms with Gasteiger partial charge < -0.3 is 8.82 Å². The Kier molecular flexibility index (Phi) is 6.26. The van der Waals surface area contributed by atoms with Crippen molar-refractivity contribution >= 4 is 92.5 Å². The summed E-state index contributed by atoms with van der Waals surface area (Å²) in [6.45, 7) is 0. The fraction of sp³-hybridized carbons (Fsp3) is 0. The number of furan rings is 1. The van der Waals surface area contributed by atoms with Gasteiger partial charge in [0.15, 0.2) is 5.82 Å². The Morgan fingerprint density at radius 2 is 1.18 bits per heavy atom. The second-order valence-electron chi connectivity index (χ2n) is 14.7. The van der Waals surface area contributed by atoms with Crippen LogP contribution in [0.3, 0.4) is 0 Å². The first-order valence-electron chi connectivity index (χ1n) is 19.1. The Morgan fingerprint density at radius 1 is 0.456 bits per heavy atom. The van der Waals surface area contributed by atoms with Crippen molar-refractivity contribution in [1.29, 1.82) is 0 Å². The molecule has 0 N–H and O–H groups in total. The van der Waals surface area contributed by atoms with Crippen LogP contribution in [0.4, 0.5) is 0 Å². The van der Waals surface area contributed by atoms with Crippen molar-refractivity contribution in [3.05, 3.63) is 170 Å². The summed E-state index contributed by atoms with van der Waals surface area (Å²) in [6, 6.07) is 59.9. The number of hydrogen-bond donors (Lipinski definition) is 0. The van der Waals surface area contributed by atoms with E-state index in [1.54, 1.807) is 11.3 Å². The Labute approximate surface area is 329 Å². The van der Waals surface area contributed by atoms with Gasteiger partial charge >= 0.3 is 0 Å². The molecule has 0 amide bonds. The van der Waals surface area contributed by atoms with Crippen LogP contribution in [0.15, 0.2) is 174 Å². The summed E-state index contributed by atoms with van der Waals surface area (Å²) in [4.78, 5) is 15.6. The van der Waals surface area contributed by atoms with Gasteiger partial charge in [0.25, 0.3) is 0 Å². The number of benzene rings is 8. The van der Waals surface area contributed by atoms with Crippen molar-refractivity contribution in [1.82, 2.24) is 19.4 Å². The molecular formula is C51H28N4OS. The summed E-state index contributed by atoms with van der Waals surface area (Å²) < 4.78 is 10.1. The lowest BCUT2D eigenvalue weighted by Crippen LogP contribution is -1.95. The smallest absolute Gasteiger partial charge is 0.164 e. The summed E-state index contributed by atoms with van der Waals surface area (Å²) in [5.41, 5.74) is 13.5. The zero-order valence-corrected chi connectivity index (χ0v) is 31.1. The highest BCUT2D eigenvalue weighted by molar-refractivity contribution is 7.22. The van der Waals surface area contributed by atoms with Crippen molar-refractivity contribution in [2.24, 2.45) is 0 Å². The van der Waals surface area contributed by atoms with Crippen molar-refractivity contribution in [3.8, 4) is 44.3 Å². The highest BCUT2D eigenvalue weighted by Crippen LogP contribution is 2.47. The number of rotatable bonds is 4. The van der Waals surface area contributed by atoms with Crippen LogP contribution in [-0.4, -0.2) is 19.4 Å². The number of fused-ring (bicyclic) bond motifs is 12. The topological polar surface area (TPSA) is 56.2 Å². The van der Waals surface area contributed by atoms with Crippen LogP contribution in [0, 0.1) is 0 Å². The van der Waals surface area contributed by atoms with Crippen molar-refractivity contribution in [3.63, 3.8) is 0 Å². The van der Waals surface area contributed by atoms with Gasteiger partial charge in [0.1, 0.15) is 16.2 Å². The van der Waals surface area contributed by atoms with Crippen LogP contribution < -0.4 is 0 Å². The average Bonchev–Trinajstić information content (AvgIpc) is 4.04. The van der Waals surface area contributed by atoms with E-state index in [2.05, 4.69) is 150 Å². The molecule has 6 heteroatoms. The van der Waals surface area contributed by atoms with Gasteiger partial charge in [-0.25, -0.2) is 15.0 Å². The lowest BCUT2D eigenvalue weighted by molar-refractivity contribution is 0.669. The van der Waals surface area contributed by atoms with Crippen molar-refractivity contribution in [2.75, 3.05) is 0 Å². The molecule has 0 aliphatic carbocycles. The maximum Gasteiger partial charge on any atom is 0.164 e. The molecule has 0 spiro atoms. The van der Waals surface area contributed by atoms with Crippen molar-refractivity contribution in [2.45, 2.75) is 0 Å². The van der Waals surface area contributed by atoms with E-state index in [1.165, 1.54) is 42.8 Å². The van der Waals surface area contributed by atoms with E-state index in [-0.39, 0.29) is 0 Å². The minimum Gasteiger partial charge on any atom is -0.455 e. The normalized spacial score (nSPS) is 12.2. The Bertz CT molecular complexity index is 3760. The van der Waals surface area contributed by atoms with Gasteiger partial charge in [-0.3, -0.25) is 0 Å². The molecule has 5 aromatic heterocycles. The summed E-state index contributed by atoms with van der Waals surface area (Å²) in [5, 5.41) is 9.16. The summed E-state index contributed by atoms with van der Waals surface area (Å²) in [7, 11) is 0. The lowest BCUT2D eigenvalue weighted by Gasteiger charge is -2.11. The lowest BCUT2D eigenvalue weighted by atomic mass is 9.98. The summed E-state index contributed by atoms with van der Waals surface area (Å²) in [5.74, 6) is 0.641. The second kappa shape index (κ2) is 11.6. The molecule has 0 unspecified atom stereocenters. The molecule has 57 heavy (non-hydrogen) atoms. The molecule has 0 aliphatic heterocycles. The molecule has 13 aromatic rings. The number of para-hydroxylation sites is 4. The molecule has 0 fully saturated rings. The van der Waals surface area contributed by atoms with Gasteiger partial charge in [0.2, 0.25) is 0 Å². The van der Waals surface area contributed by atoms with Crippen LogP contribution >= 0.6 is 11.3 Å². The second-order valence-corrected chi connectivity index (χ2v) is 15.7. The third-order valence-corrected chi connectivity index (χ3v) is 12.7. The van der Waals surface area contributed by atoms with Gasteiger partial charge in [-0.15, -0.1) is 11.3 Å². The van der Waals surface area contributed by atoms with Crippen LogP contribution in [0.5, 0.6) is 0 Å². The van der Waals surface area contributed by atoms with E-state index in [1.807, 2.05) is 24.3 Å². The molecule has 13 rings (SSSR count). The highest BCUT2D eigenvalue weighted by Gasteiger charge is 2.23. The third-order valence-electron chi connectivity index (χ3n) is 11.6. The summed E-state index contributed by atoms with van der Waals surface area (Å²) in [6.07, 6.45) is 0. The molecule has 8 aromatic carbocycles. The highest BCUT2D eigenvalue weighted by atomic mass is 32.1. The van der Waals surface area contributed by atoms with E-state index in [0.29, 0.717) is 5.82 Å². The van der Waals surface area contributed by atoms with E-state index < -0.39 is 0 Å². The Hall–Kier alpha value is -7.41. The van der Waals surface area contributed by atoms with E-state index in [4.69, 9.17) is 19.4 Å². The van der Waals surface area contributed by atoms with Gasteiger partial charge in [-0.2, -0.15) is 0 Å². The Morgan fingerprint density at radius 3 is 2.11 bits per heavy atom. The zero-order valence-electron chi connectivity index (χ0n) is 30.3. The van der Waals surface area contributed by atoms with E-state index in [0.717, 1.165) is 76.9 Å². The molecule has 0 bridgehead atoms. The van der Waals surface area contributed by atoms with Crippen LogP contribution in [0.2, 0.25) is 0 Å². The zero-order chi connectivity index (χ0) is 37.2. The van der Waals surface area contributed by atoms with E-state index >= 15 is 0 Å². The number of thiazole rings is 1. The minimum absolute atomic E-state index is 0.641. The molecule has 264 valence electrons. The monoisotopic (exact) mass is 744 g/mol. The number of aromatic nitrogens is 4. The van der Waals surface area contributed by atoms with Crippen LogP contribution in [0.25, 0.3) is 125 Å². The predicted molar refractivity (Wildman–Crippen MR) is 236 cm³/mol. The minimum atomic E-state index is 0.641. The number of nitrogens with zero attached hydrogens (tertiary/aromatic N) is 4. The third kappa shape index (κ3) is 4.41. The fourth-order valence-corrected chi connectivity index (χ4v) is 10.1. The van der Waals surface area contributed by atoms with Gasteiger partial charge in [0, 0.05) is 48.8 Å². The largest absolute Gasteiger partial charge is 0.455 e. The van der Waals surface area contributed by atoms with Gasteiger partial charge in [-0.1, -0.05) is 121 Å². The standard InChI is InChI=1S/C51H28N4OS/c1-2-12-29(13-3-1)51-53-41-28-38-33-16-5-8-22-42(33)55-43-25-24-31(27-39(43)45(47(38)55)49(41)57-51)30-14-10-15-32(26-30)46-36-18-4-7-21-40(36)52-50(54-46)37-20-11-19-35-34-17-6-9-23-44(34)56-48(35)37/h1-28H. The van der Waals surface area contributed by atoms with Gasteiger partial charge in [-0.05, 0) is 59.7 Å². The molecule has 5 nitrogen and oxygen atoms in total. The number of hydrogen-bond acceptors (Lipinski definition) is 5. The SMILES string of the molecule is c1ccc(-c2nc3cc4c5ccccc5n5c6ccc(-c7cccc(-c8nc(-c9cccc%10c9oc9ccccc9%10)nc9ccccc89)c7)cc6c(c3s2)c45)cc1. The average molecular weight is 745 g/mol. The maximum atomic E-state index is 6.44. The first-order valence-corrected chi connectivity index (χ1v) is 19.9. The molecule has 5 heterocycles. The van der Waals surface area contributed by atoms with Crippen LogP contribution in [0.1, 0.15) is 0 Å². The molecule has 0 aliphatic rings. The first-order chi connectivity index (χ1) is 28.2. The molecule has 0 saturated carbocycles. The van der Waals surface area contributed by atoms with E-state index in [9.17, 15) is 0 Å². The Balaban J connectivity index is 1.02. The van der Waals surface area contributed by atoms with Crippen molar-refractivity contribution < 1.29 is 4.42 Å². The maximum absolute atomic E-state index is 6.44. The molecule has 0 atom stereocenters. The quantitative estimate of drug-likeness (QED) is 0.180.